The van der Waals surface area contributed by atoms with E-state index >= 15 is 0 Å². The Bertz CT molecular complexity index is 249. The molecule has 0 atom stereocenters. The van der Waals surface area contributed by atoms with E-state index in [0.717, 1.165) is 12.2 Å². The first-order valence-corrected chi connectivity index (χ1v) is 3.06. The van der Waals surface area contributed by atoms with Crippen molar-refractivity contribution in [2.45, 2.75) is 13.0 Å². The number of Topliss-reactive ketones (excluding diaryl/α,β-unsaturated/α-hetero) is 1. The third kappa shape index (κ3) is 0.529. The molecule has 0 bridgehead atoms. The van der Waals surface area contributed by atoms with Crippen LogP contribution in [0.2, 0.25) is 0 Å². The Kier molecular flexibility index (Phi) is 0.781. The molecule has 0 aromatic carbocycles. The SMILES string of the molecule is O=C1CCn2cccc21. The van der Waals surface area contributed by atoms with Crippen molar-refractivity contribution in [3.05, 3.63) is 24.0 Å². The van der Waals surface area contributed by atoms with E-state index in [1.807, 2.05) is 22.9 Å². The molecule has 2 nitrogen and oxygen atoms in total. The highest BCUT2D eigenvalue weighted by Crippen LogP contribution is 2.13. The van der Waals surface area contributed by atoms with Crippen molar-refractivity contribution in [1.29, 1.82) is 0 Å². The summed E-state index contributed by atoms with van der Waals surface area (Å²) >= 11 is 0. The number of nitrogens with zero attached hydrogens (tertiary/aromatic N) is 1. The lowest BCUT2D eigenvalue weighted by Crippen LogP contribution is -1.89. The van der Waals surface area contributed by atoms with Crippen LogP contribution < -0.4 is 0 Å². The van der Waals surface area contributed by atoms with Gasteiger partial charge in [0.05, 0.1) is 5.69 Å². The lowest BCUT2D eigenvalue weighted by Gasteiger charge is -1.88. The van der Waals surface area contributed by atoms with Crippen LogP contribution in [0.15, 0.2) is 18.3 Å². The quantitative estimate of drug-likeness (QED) is 0.503. The summed E-state index contributed by atoms with van der Waals surface area (Å²) in [5.74, 6) is 0.278. The van der Waals surface area contributed by atoms with E-state index in [4.69, 9.17) is 0 Å². The number of ketones is 1. The Balaban J connectivity index is 2.61. The predicted molar refractivity (Wildman–Crippen MR) is 33.4 cm³/mol. The number of rotatable bonds is 0. The smallest absolute Gasteiger partial charge is 0.180 e. The number of fused-ring (bicyclic) bond motifs is 1. The Hall–Kier alpha value is -1.05. The van der Waals surface area contributed by atoms with Crippen LogP contribution in [0.25, 0.3) is 0 Å². The van der Waals surface area contributed by atoms with Crippen LogP contribution in [0.1, 0.15) is 16.9 Å². The molecule has 0 amide bonds. The van der Waals surface area contributed by atoms with Gasteiger partial charge in [-0.15, -0.1) is 0 Å². The largest absolute Gasteiger partial charge is 0.345 e. The molecule has 0 saturated carbocycles. The lowest BCUT2D eigenvalue weighted by molar-refractivity contribution is 0.0994. The van der Waals surface area contributed by atoms with Gasteiger partial charge in [0.15, 0.2) is 5.78 Å². The van der Waals surface area contributed by atoms with Crippen LogP contribution in [0.5, 0.6) is 0 Å². The average molecular weight is 121 g/mol. The van der Waals surface area contributed by atoms with Crippen LogP contribution in [0.3, 0.4) is 0 Å². The number of carbonyl (C=O) groups excluding carboxylic acids is 1. The Morgan fingerprint density at radius 3 is 3.22 bits per heavy atom. The molecule has 0 N–H and O–H groups in total. The maximum absolute atomic E-state index is 10.9. The third-order valence-electron chi connectivity index (χ3n) is 1.69. The summed E-state index contributed by atoms with van der Waals surface area (Å²) in [6.45, 7) is 0.876. The van der Waals surface area contributed by atoms with Crippen molar-refractivity contribution in [3.63, 3.8) is 0 Å². The molecule has 0 spiro atoms. The molecule has 0 radical (unpaired) electrons. The van der Waals surface area contributed by atoms with Gasteiger partial charge >= 0.3 is 0 Å². The third-order valence-corrected chi connectivity index (χ3v) is 1.69. The van der Waals surface area contributed by atoms with Gasteiger partial charge in [0, 0.05) is 19.2 Å². The summed E-state index contributed by atoms with van der Waals surface area (Å²) in [4.78, 5) is 10.9. The normalized spacial score (nSPS) is 16.2. The summed E-state index contributed by atoms with van der Waals surface area (Å²) in [7, 11) is 0. The second-order valence-electron chi connectivity index (χ2n) is 2.26. The van der Waals surface area contributed by atoms with E-state index < -0.39 is 0 Å². The minimum Gasteiger partial charge on any atom is -0.345 e. The van der Waals surface area contributed by atoms with Crippen molar-refractivity contribution >= 4 is 5.78 Å². The lowest BCUT2D eigenvalue weighted by atomic mass is 10.3. The summed E-state index contributed by atoms with van der Waals surface area (Å²) in [6, 6.07) is 3.78. The summed E-state index contributed by atoms with van der Waals surface area (Å²) < 4.78 is 1.99. The minimum atomic E-state index is 0.278. The monoisotopic (exact) mass is 121 g/mol. The molecule has 1 aliphatic rings. The predicted octanol–water partition coefficient (Wildman–Crippen LogP) is 1.07. The van der Waals surface area contributed by atoms with E-state index in [2.05, 4.69) is 0 Å². The molecule has 1 aliphatic heterocycles. The first-order valence-electron chi connectivity index (χ1n) is 3.06. The van der Waals surface area contributed by atoms with Crippen molar-refractivity contribution in [2.24, 2.45) is 0 Å². The zero-order valence-electron chi connectivity index (χ0n) is 5.00. The second-order valence-corrected chi connectivity index (χ2v) is 2.26. The first kappa shape index (κ1) is 4.79. The van der Waals surface area contributed by atoms with E-state index in [9.17, 15) is 4.79 Å². The number of hydrogen-bond donors (Lipinski definition) is 0. The summed E-state index contributed by atoms with van der Waals surface area (Å²) in [6.07, 6.45) is 2.64. The van der Waals surface area contributed by atoms with Crippen molar-refractivity contribution < 1.29 is 4.79 Å². The van der Waals surface area contributed by atoms with Crippen LogP contribution >= 0.6 is 0 Å². The van der Waals surface area contributed by atoms with Crippen molar-refractivity contribution in [2.75, 3.05) is 0 Å². The summed E-state index contributed by atoms with van der Waals surface area (Å²) in [5.41, 5.74) is 0.870. The van der Waals surface area contributed by atoms with E-state index in [0.29, 0.717) is 6.42 Å². The fraction of sp³-hybridized carbons (Fsp3) is 0.286. The Morgan fingerprint density at radius 2 is 2.44 bits per heavy atom. The van der Waals surface area contributed by atoms with Crippen LogP contribution in [-0.4, -0.2) is 10.4 Å². The molecule has 0 aliphatic carbocycles. The molecule has 2 heteroatoms. The van der Waals surface area contributed by atoms with E-state index in [1.165, 1.54) is 0 Å². The highest BCUT2D eigenvalue weighted by molar-refractivity contribution is 5.96. The van der Waals surface area contributed by atoms with E-state index in [1.54, 1.807) is 0 Å². The highest BCUT2D eigenvalue weighted by Gasteiger charge is 2.16. The fourth-order valence-electron chi connectivity index (χ4n) is 1.21. The molecule has 0 unspecified atom stereocenters. The number of aryl methyl sites for hydroxylation is 1. The molecule has 46 valence electrons. The maximum atomic E-state index is 10.9. The molecule has 1 aromatic rings. The van der Waals surface area contributed by atoms with Gasteiger partial charge in [-0.2, -0.15) is 0 Å². The van der Waals surface area contributed by atoms with Crippen LogP contribution in [0.4, 0.5) is 0 Å². The molecular weight excluding hydrogens is 114 g/mol. The van der Waals surface area contributed by atoms with Crippen molar-refractivity contribution in [3.8, 4) is 0 Å². The van der Waals surface area contributed by atoms with Crippen molar-refractivity contribution in [1.82, 2.24) is 4.57 Å². The van der Waals surface area contributed by atoms with Gasteiger partial charge in [-0.1, -0.05) is 0 Å². The van der Waals surface area contributed by atoms with Gasteiger partial charge in [-0.3, -0.25) is 4.79 Å². The average Bonchev–Trinajstić information content (AvgIpc) is 2.35. The number of carbonyl (C=O) groups is 1. The Morgan fingerprint density at radius 1 is 1.56 bits per heavy atom. The maximum Gasteiger partial charge on any atom is 0.180 e. The van der Waals surface area contributed by atoms with Gasteiger partial charge in [0.25, 0.3) is 0 Å². The topological polar surface area (TPSA) is 22.0 Å². The van der Waals surface area contributed by atoms with Gasteiger partial charge in [0.1, 0.15) is 0 Å². The molecule has 0 saturated heterocycles. The van der Waals surface area contributed by atoms with Gasteiger partial charge in [-0.05, 0) is 12.1 Å². The van der Waals surface area contributed by atoms with Crippen LogP contribution in [-0.2, 0) is 6.54 Å². The second kappa shape index (κ2) is 1.47. The fourth-order valence-corrected chi connectivity index (χ4v) is 1.21. The zero-order chi connectivity index (χ0) is 6.27. The van der Waals surface area contributed by atoms with Gasteiger partial charge < -0.3 is 4.57 Å². The van der Waals surface area contributed by atoms with E-state index in [-0.39, 0.29) is 5.78 Å². The van der Waals surface area contributed by atoms with Gasteiger partial charge in [0.2, 0.25) is 0 Å². The molecular formula is C7H7NO. The highest BCUT2D eigenvalue weighted by atomic mass is 16.1. The molecule has 2 rings (SSSR count). The summed E-state index contributed by atoms with van der Waals surface area (Å²) in [5, 5.41) is 0. The number of aromatic nitrogens is 1. The molecule has 2 heterocycles. The molecule has 0 fully saturated rings. The first-order chi connectivity index (χ1) is 4.38. The Labute approximate surface area is 53.1 Å². The van der Waals surface area contributed by atoms with Gasteiger partial charge in [-0.25, -0.2) is 0 Å². The van der Waals surface area contributed by atoms with Crippen LogP contribution in [0, 0.1) is 0 Å². The minimum absolute atomic E-state index is 0.278. The standard InChI is InChI=1S/C7H7NO/c9-7-3-5-8-4-1-2-6(7)8/h1-2,4H,3,5H2. The molecule has 9 heavy (non-hydrogen) atoms. The zero-order valence-corrected chi connectivity index (χ0v) is 5.00. The molecule has 1 aromatic heterocycles. The number of hydrogen-bond acceptors (Lipinski definition) is 1.